The molecule has 9 heteroatoms. The molecule has 196 valence electrons. The number of hydrogen-bond donors (Lipinski definition) is 2. The number of rotatable bonds is 6. The van der Waals surface area contributed by atoms with Crippen LogP contribution in [0.4, 0.5) is 4.39 Å². The van der Waals surface area contributed by atoms with Crippen molar-refractivity contribution in [3.63, 3.8) is 0 Å². The van der Waals surface area contributed by atoms with E-state index in [4.69, 9.17) is 21.6 Å². The Balaban J connectivity index is 1.71. The van der Waals surface area contributed by atoms with Crippen molar-refractivity contribution in [1.82, 2.24) is 10.4 Å². The summed E-state index contributed by atoms with van der Waals surface area (Å²) in [6, 6.07) is 16.0. The summed E-state index contributed by atoms with van der Waals surface area (Å²) in [6.07, 6.45) is 1.84. The third kappa shape index (κ3) is 6.15. The van der Waals surface area contributed by atoms with Gasteiger partial charge in [0.25, 0.3) is 0 Å². The Morgan fingerprint density at radius 1 is 1.14 bits per heavy atom. The van der Waals surface area contributed by atoms with E-state index in [2.05, 4.69) is 28.6 Å². The summed E-state index contributed by atoms with van der Waals surface area (Å²) in [5.41, 5.74) is 7.52. The Morgan fingerprint density at radius 3 is 2.46 bits per heavy atom. The second-order valence-electron chi connectivity index (χ2n) is 9.85. The smallest absolute Gasteiger partial charge is 0.167 e. The summed E-state index contributed by atoms with van der Waals surface area (Å²) in [6.45, 7) is 6.91. The predicted octanol–water partition coefficient (Wildman–Crippen LogP) is 6.57. The summed E-state index contributed by atoms with van der Waals surface area (Å²) in [7, 11) is 0.756. The van der Waals surface area contributed by atoms with Crippen LogP contribution in [0.2, 0.25) is 5.02 Å². The highest BCUT2D eigenvalue weighted by Gasteiger charge is 2.23. The maximum Gasteiger partial charge on any atom is 0.167 e. The molecule has 3 aromatic rings. The van der Waals surface area contributed by atoms with Gasteiger partial charge in [-0.15, -0.1) is 0 Å². The fourth-order valence-electron chi connectivity index (χ4n) is 4.27. The van der Waals surface area contributed by atoms with Crippen LogP contribution >= 0.6 is 11.6 Å². The zero-order valence-corrected chi connectivity index (χ0v) is 23.2. The van der Waals surface area contributed by atoms with Crippen LogP contribution in [0.25, 0.3) is 11.1 Å². The number of nitrogens with zero attached hydrogens (tertiary/aromatic N) is 2. The van der Waals surface area contributed by atoms with Gasteiger partial charge in [0.15, 0.2) is 11.6 Å². The Morgan fingerprint density at radius 2 is 1.84 bits per heavy atom. The minimum Gasteiger partial charge on any atom is -0.380 e. The second-order valence-corrected chi connectivity index (χ2v) is 12.1. The zero-order valence-electron chi connectivity index (χ0n) is 21.6. The van der Waals surface area contributed by atoms with Crippen LogP contribution in [0.3, 0.4) is 0 Å². The van der Waals surface area contributed by atoms with Crippen LogP contribution in [-0.2, 0) is 16.5 Å². The van der Waals surface area contributed by atoms with E-state index >= 15 is 0 Å². The molecule has 0 amide bonds. The largest absolute Gasteiger partial charge is 0.380 e. The first-order valence-electron chi connectivity index (χ1n) is 12.0. The lowest BCUT2D eigenvalue weighted by molar-refractivity contribution is 0.226. The van der Waals surface area contributed by atoms with Crippen molar-refractivity contribution < 1.29 is 13.4 Å². The van der Waals surface area contributed by atoms with Crippen molar-refractivity contribution >= 4 is 21.5 Å². The van der Waals surface area contributed by atoms with Gasteiger partial charge < -0.3 is 9.74 Å². The standard InChI is InChI=1S/C28H32ClFN4O2S/c1-17(2)23-13-21(20-8-11-26(30)25(29)15-20)14-24-18(3)12-27(32-36-28(23)24)33-37(31,35)22-9-6-19(7-10-22)16-34(4)5/h6-15,17-18,32H,16H2,1-5H3,(H2,31,33,35). The molecule has 0 bridgehead atoms. The lowest BCUT2D eigenvalue weighted by Crippen LogP contribution is -2.20. The normalized spacial score (nSPS) is 16.8. The first kappa shape index (κ1) is 27.1. The summed E-state index contributed by atoms with van der Waals surface area (Å²) in [4.78, 5) is 8.51. The van der Waals surface area contributed by atoms with Gasteiger partial charge in [-0.1, -0.05) is 50.6 Å². The zero-order chi connectivity index (χ0) is 26.9. The predicted molar refractivity (Wildman–Crippen MR) is 148 cm³/mol. The highest BCUT2D eigenvalue weighted by atomic mass is 35.5. The van der Waals surface area contributed by atoms with Crippen molar-refractivity contribution in [3.05, 3.63) is 94.0 Å². The number of hydroxylamine groups is 1. The molecule has 0 saturated carbocycles. The number of allylic oxidation sites excluding steroid dienone is 1. The van der Waals surface area contributed by atoms with Gasteiger partial charge >= 0.3 is 0 Å². The van der Waals surface area contributed by atoms with E-state index < -0.39 is 15.7 Å². The molecule has 0 spiro atoms. The molecule has 0 saturated heterocycles. The van der Waals surface area contributed by atoms with Crippen LogP contribution in [0.5, 0.6) is 5.75 Å². The SMILES string of the molecule is CC(C)c1cc(-c2ccc(F)c(Cl)c2)cc2c1ONC(N=S(N)(=O)c1ccc(CN(C)C)cc1)=CC2C. The molecule has 0 radical (unpaired) electrons. The molecule has 3 aromatic carbocycles. The van der Waals surface area contributed by atoms with Crippen LogP contribution in [0.15, 0.2) is 75.8 Å². The molecule has 0 aliphatic carbocycles. The molecule has 0 fully saturated rings. The van der Waals surface area contributed by atoms with Crippen LogP contribution in [0.1, 0.15) is 49.3 Å². The van der Waals surface area contributed by atoms with Crippen molar-refractivity contribution in [2.75, 3.05) is 14.1 Å². The van der Waals surface area contributed by atoms with E-state index in [0.29, 0.717) is 10.6 Å². The molecule has 3 N–H and O–H groups in total. The lowest BCUT2D eigenvalue weighted by atomic mass is 9.89. The second kappa shape index (κ2) is 10.8. The fourth-order valence-corrected chi connectivity index (χ4v) is 5.47. The van der Waals surface area contributed by atoms with Gasteiger partial charge in [-0.2, -0.15) is 4.36 Å². The maximum atomic E-state index is 13.8. The minimum atomic E-state index is -3.22. The quantitative estimate of drug-likeness (QED) is 0.369. The van der Waals surface area contributed by atoms with E-state index in [9.17, 15) is 8.60 Å². The first-order valence-corrected chi connectivity index (χ1v) is 14.0. The number of hydrogen-bond acceptors (Lipinski definition) is 5. The van der Waals surface area contributed by atoms with Gasteiger partial charge in [0.2, 0.25) is 0 Å². The van der Waals surface area contributed by atoms with E-state index in [1.807, 2.05) is 51.4 Å². The van der Waals surface area contributed by atoms with Crippen molar-refractivity contribution in [3.8, 4) is 16.9 Å². The highest BCUT2D eigenvalue weighted by molar-refractivity contribution is 7.91. The third-order valence-electron chi connectivity index (χ3n) is 6.17. The van der Waals surface area contributed by atoms with Crippen LogP contribution in [-0.4, -0.2) is 23.2 Å². The molecule has 1 aliphatic rings. The van der Waals surface area contributed by atoms with Gasteiger partial charge in [0.1, 0.15) is 15.7 Å². The Labute approximate surface area is 223 Å². The maximum absolute atomic E-state index is 13.8. The Bertz CT molecular complexity index is 1460. The van der Waals surface area contributed by atoms with E-state index in [1.54, 1.807) is 24.3 Å². The van der Waals surface area contributed by atoms with Gasteiger partial charge in [-0.25, -0.2) is 19.2 Å². The molecule has 1 heterocycles. The number of fused-ring (bicyclic) bond motifs is 1. The van der Waals surface area contributed by atoms with Crippen molar-refractivity contribution in [2.24, 2.45) is 9.50 Å². The number of halogens is 2. The van der Waals surface area contributed by atoms with E-state index in [0.717, 1.165) is 34.4 Å². The molecular weight excluding hydrogens is 511 g/mol. The highest BCUT2D eigenvalue weighted by Crippen LogP contribution is 2.41. The summed E-state index contributed by atoms with van der Waals surface area (Å²) < 4.78 is 31.5. The number of nitrogens with two attached hydrogens (primary N) is 1. The van der Waals surface area contributed by atoms with Gasteiger partial charge in [0, 0.05) is 23.6 Å². The van der Waals surface area contributed by atoms with E-state index in [-0.39, 0.29) is 22.7 Å². The van der Waals surface area contributed by atoms with Crippen molar-refractivity contribution in [2.45, 2.75) is 44.0 Å². The Hall–Kier alpha value is -2.91. The topological polar surface area (TPSA) is 80.0 Å². The number of nitrogens with one attached hydrogen (secondary N) is 1. The summed E-state index contributed by atoms with van der Waals surface area (Å²) in [5, 5.41) is 6.27. The molecule has 37 heavy (non-hydrogen) atoms. The molecule has 2 atom stereocenters. The third-order valence-corrected chi connectivity index (χ3v) is 7.88. The first-order chi connectivity index (χ1) is 17.4. The lowest BCUT2D eigenvalue weighted by Gasteiger charge is -2.19. The van der Waals surface area contributed by atoms with Crippen molar-refractivity contribution in [1.29, 1.82) is 0 Å². The number of benzene rings is 3. The molecule has 0 aromatic heterocycles. The molecule has 1 aliphatic heterocycles. The van der Waals surface area contributed by atoms with Gasteiger partial charge in [0.05, 0.1) is 9.92 Å². The van der Waals surface area contributed by atoms with Crippen LogP contribution in [0, 0.1) is 5.82 Å². The average molecular weight is 543 g/mol. The summed E-state index contributed by atoms with van der Waals surface area (Å²) >= 11 is 6.05. The minimum absolute atomic E-state index is 0.0675. The molecule has 2 unspecified atom stereocenters. The average Bonchev–Trinajstić information content (AvgIpc) is 2.98. The fraction of sp³-hybridized carbons (Fsp3) is 0.286. The molecular formula is C28H32ClFN4O2S. The molecule has 4 rings (SSSR count). The monoisotopic (exact) mass is 542 g/mol. The molecule has 6 nitrogen and oxygen atoms in total. The van der Waals surface area contributed by atoms with Crippen LogP contribution < -0.4 is 15.5 Å². The van der Waals surface area contributed by atoms with Gasteiger partial charge in [-0.3, -0.25) is 0 Å². The summed E-state index contributed by atoms with van der Waals surface area (Å²) in [5.74, 6) is 0.496. The Kier molecular flexibility index (Phi) is 7.94. The van der Waals surface area contributed by atoms with E-state index in [1.165, 1.54) is 6.07 Å². The van der Waals surface area contributed by atoms with Gasteiger partial charge in [-0.05, 0) is 79.2 Å².